The van der Waals surface area contributed by atoms with Crippen LogP contribution < -0.4 is 5.32 Å². The van der Waals surface area contributed by atoms with E-state index in [2.05, 4.69) is 5.32 Å². The van der Waals surface area contributed by atoms with E-state index in [1.807, 2.05) is 19.9 Å². The molecule has 1 amide bonds. The van der Waals surface area contributed by atoms with Crippen LogP contribution in [0.1, 0.15) is 24.0 Å². The van der Waals surface area contributed by atoms with Gasteiger partial charge in [0.05, 0.1) is 15.6 Å². The van der Waals surface area contributed by atoms with Crippen LogP contribution in [-0.2, 0) is 14.8 Å². The molecule has 1 aliphatic heterocycles. The average molecular weight is 441 g/mol. The first-order chi connectivity index (χ1) is 13.2. The van der Waals surface area contributed by atoms with Gasteiger partial charge in [-0.25, -0.2) is 8.42 Å². The number of sulfonamides is 1. The fourth-order valence-electron chi connectivity index (χ4n) is 3.21. The van der Waals surface area contributed by atoms with Gasteiger partial charge in [0.15, 0.2) is 0 Å². The average Bonchev–Trinajstić information content (AvgIpc) is 2.67. The number of carbonyl (C=O) groups excluding carboxylic acids is 1. The second-order valence-corrected chi connectivity index (χ2v) is 9.82. The van der Waals surface area contributed by atoms with Crippen LogP contribution in [0.15, 0.2) is 41.3 Å². The largest absolute Gasteiger partial charge is 0.324 e. The molecule has 0 saturated carbocycles. The molecule has 1 heterocycles. The Hall–Kier alpha value is -1.60. The molecule has 2 aromatic carbocycles. The molecule has 0 atom stereocenters. The van der Waals surface area contributed by atoms with E-state index in [9.17, 15) is 13.2 Å². The van der Waals surface area contributed by atoms with E-state index >= 15 is 0 Å². The smallest absolute Gasteiger partial charge is 0.243 e. The highest BCUT2D eigenvalue weighted by atomic mass is 35.5. The van der Waals surface area contributed by atoms with Gasteiger partial charge in [-0.1, -0.05) is 29.3 Å². The summed E-state index contributed by atoms with van der Waals surface area (Å²) in [5.74, 6) is -0.450. The Morgan fingerprint density at radius 2 is 1.71 bits per heavy atom. The van der Waals surface area contributed by atoms with Crippen molar-refractivity contribution < 1.29 is 13.2 Å². The van der Waals surface area contributed by atoms with E-state index in [4.69, 9.17) is 23.2 Å². The monoisotopic (exact) mass is 440 g/mol. The normalized spacial score (nSPS) is 16.1. The third-order valence-corrected chi connectivity index (χ3v) is 7.59. The van der Waals surface area contributed by atoms with E-state index in [0.717, 1.165) is 11.1 Å². The summed E-state index contributed by atoms with van der Waals surface area (Å²) in [6.07, 6.45) is 0.905. The lowest BCUT2D eigenvalue weighted by atomic mass is 9.97. The van der Waals surface area contributed by atoms with E-state index in [-0.39, 0.29) is 11.8 Å². The summed E-state index contributed by atoms with van der Waals surface area (Å²) in [6, 6.07) is 10.0. The molecule has 1 fully saturated rings. The van der Waals surface area contributed by atoms with Gasteiger partial charge in [-0.2, -0.15) is 4.31 Å². The second kappa shape index (κ2) is 8.41. The fraction of sp³-hybridized carbons (Fsp3) is 0.350. The summed E-state index contributed by atoms with van der Waals surface area (Å²) >= 11 is 12.0. The Bertz CT molecular complexity index is 1000. The van der Waals surface area contributed by atoms with Crippen molar-refractivity contribution in [3.63, 3.8) is 0 Å². The summed E-state index contributed by atoms with van der Waals surface area (Å²) in [5, 5.41) is 3.69. The van der Waals surface area contributed by atoms with Crippen LogP contribution in [0, 0.1) is 19.8 Å². The topological polar surface area (TPSA) is 66.5 Å². The summed E-state index contributed by atoms with van der Waals surface area (Å²) < 4.78 is 27.2. The van der Waals surface area contributed by atoms with Crippen molar-refractivity contribution in [1.29, 1.82) is 0 Å². The second-order valence-electron chi connectivity index (χ2n) is 7.04. The lowest BCUT2D eigenvalue weighted by Gasteiger charge is -2.30. The van der Waals surface area contributed by atoms with Crippen molar-refractivity contribution in [1.82, 2.24) is 4.31 Å². The maximum Gasteiger partial charge on any atom is 0.243 e. The summed E-state index contributed by atoms with van der Waals surface area (Å²) in [7, 11) is -3.56. The molecule has 0 radical (unpaired) electrons. The number of nitrogens with zero attached hydrogens (tertiary/aromatic N) is 1. The number of piperidine rings is 1. The van der Waals surface area contributed by atoms with Crippen molar-refractivity contribution in [3.05, 3.63) is 57.6 Å². The first-order valence-corrected chi connectivity index (χ1v) is 11.2. The Balaban J connectivity index is 1.65. The number of anilines is 1. The number of hydrogen-bond acceptors (Lipinski definition) is 3. The minimum absolute atomic E-state index is 0.174. The molecule has 0 aromatic heterocycles. The highest BCUT2D eigenvalue weighted by molar-refractivity contribution is 7.89. The van der Waals surface area contributed by atoms with E-state index < -0.39 is 10.0 Å². The van der Waals surface area contributed by atoms with Crippen molar-refractivity contribution in [2.75, 3.05) is 18.4 Å². The molecular formula is C20H22Cl2N2O3S. The zero-order valence-corrected chi connectivity index (χ0v) is 18.0. The highest BCUT2D eigenvalue weighted by Gasteiger charge is 2.32. The maximum absolute atomic E-state index is 12.9. The molecule has 2 aromatic rings. The SMILES string of the molecule is Cc1ccc(S(=O)(=O)N2CCC(C(=O)Nc3cc(Cl)ccc3Cl)CC2)cc1C. The fourth-order valence-corrected chi connectivity index (χ4v) is 5.10. The zero-order valence-electron chi connectivity index (χ0n) is 15.7. The van der Waals surface area contributed by atoms with Crippen LogP contribution in [0.2, 0.25) is 10.0 Å². The highest BCUT2D eigenvalue weighted by Crippen LogP contribution is 2.29. The molecule has 1 saturated heterocycles. The molecule has 0 bridgehead atoms. The Kier molecular flexibility index (Phi) is 6.34. The summed E-state index contributed by atoms with van der Waals surface area (Å²) in [6.45, 7) is 4.45. The molecular weight excluding hydrogens is 419 g/mol. The van der Waals surface area contributed by atoms with Gasteiger partial charge in [0.2, 0.25) is 15.9 Å². The number of aryl methyl sites for hydroxylation is 2. The molecule has 150 valence electrons. The van der Waals surface area contributed by atoms with Crippen LogP contribution in [0.5, 0.6) is 0 Å². The third-order valence-electron chi connectivity index (χ3n) is 5.13. The van der Waals surface area contributed by atoms with Gasteiger partial charge in [0.25, 0.3) is 0 Å². The van der Waals surface area contributed by atoms with Crippen molar-refractivity contribution >= 4 is 44.8 Å². The number of rotatable bonds is 4. The molecule has 5 nitrogen and oxygen atoms in total. The molecule has 0 unspecified atom stereocenters. The number of hydrogen-bond donors (Lipinski definition) is 1. The summed E-state index contributed by atoms with van der Waals surface area (Å²) in [4.78, 5) is 12.9. The van der Waals surface area contributed by atoms with Crippen LogP contribution in [0.4, 0.5) is 5.69 Å². The van der Waals surface area contributed by atoms with Gasteiger partial charge in [-0.05, 0) is 68.1 Å². The quantitative estimate of drug-likeness (QED) is 0.751. The molecule has 0 aliphatic carbocycles. The lowest BCUT2D eigenvalue weighted by Crippen LogP contribution is -2.41. The first-order valence-electron chi connectivity index (χ1n) is 9.02. The van der Waals surface area contributed by atoms with Crippen molar-refractivity contribution in [2.24, 2.45) is 5.92 Å². The third kappa shape index (κ3) is 4.51. The van der Waals surface area contributed by atoms with Gasteiger partial charge in [0.1, 0.15) is 0 Å². The molecule has 3 rings (SSSR count). The van der Waals surface area contributed by atoms with Gasteiger partial charge in [-0.3, -0.25) is 4.79 Å². The minimum atomic E-state index is -3.56. The minimum Gasteiger partial charge on any atom is -0.324 e. The van der Waals surface area contributed by atoms with Crippen molar-refractivity contribution in [2.45, 2.75) is 31.6 Å². The lowest BCUT2D eigenvalue weighted by molar-refractivity contribution is -0.120. The predicted molar refractivity (Wildman–Crippen MR) is 112 cm³/mol. The Morgan fingerprint density at radius 1 is 1.04 bits per heavy atom. The van der Waals surface area contributed by atoms with Crippen molar-refractivity contribution in [3.8, 4) is 0 Å². The van der Waals surface area contributed by atoms with Crippen LogP contribution >= 0.6 is 23.2 Å². The van der Waals surface area contributed by atoms with E-state index in [1.54, 1.807) is 30.3 Å². The Morgan fingerprint density at radius 3 is 2.36 bits per heavy atom. The van der Waals surface area contributed by atoms with Crippen LogP contribution in [0.3, 0.4) is 0 Å². The van der Waals surface area contributed by atoms with Gasteiger partial charge in [-0.15, -0.1) is 0 Å². The number of benzene rings is 2. The number of nitrogens with one attached hydrogen (secondary N) is 1. The predicted octanol–water partition coefficient (Wildman–Crippen LogP) is 4.65. The number of carbonyl (C=O) groups is 1. The van der Waals surface area contributed by atoms with Crippen LogP contribution in [-0.4, -0.2) is 31.7 Å². The van der Waals surface area contributed by atoms with E-state index in [0.29, 0.717) is 46.6 Å². The molecule has 1 aliphatic rings. The molecule has 0 spiro atoms. The maximum atomic E-state index is 12.9. The number of halogens is 2. The Labute approximate surface area is 175 Å². The van der Waals surface area contributed by atoms with Gasteiger partial charge >= 0.3 is 0 Å². The summed E-state index contributed by atoms with van der Waals surface area (Å²) in [5.41, 5.74) is 2.45. The molecule has 8 heteroatoms. The standard InChI is InChI=1S/C20H22Cl2N2O3S/c1-13-3-5-17(11-14(13)2)28(26,27)24-9-7-15(8-10-24)20(25)23-19-12-16(21)4-6-18(19)22/h3-6,11-12,15H,7-10H2,1-2H3,(H,23,25). The van der Waals surface area contributed by atoms with Gasteiger partial charge < -0.3 is 5.32 Å². The molecule has 28 heavy (non-hydrogen) atoms. The van der Waals surface area contributed by atoms with Gasteiger partial charge in [0, 0.05) is 24.0 Å². The molecule has 1 N–H and O–H groups in total. The zero-order chi connectivity index (χ0) is 20.5. The first kappa shape index (κ1) is 21.1. The van der Waals surface area contributed by atoms with E-state index in [1.165, 1.54) is 4.31 Å². The van der Waals surface area contributed by atoms with Crippen LogP contribution in [0.25, 0.3) is 0 Å². The number of amides is 1.